The van der Waals surface area contributed by atoms with Crippen LogP contribution < -0.4 is 5.73 Å². The van der Waals surface area contributed by atoms with Gasteiger partial charge < -0.3 is 10.9 Å². The van der Waals surface area contributed by atoms with Crippen molar-refractivity contribution in [2.45, 2.75) is 0 Å². The summed E-state index contributed by atoms with van der Waals surface area (Å²) in [6, 6.07) is 3.49. The Labute approximate surface area is 73.9 Å². The van der Waals surface area contributed by atoms with Crippen molar-refractivity contribution in [2.75, 3.05) is 0 Å². The fourth-order valence-electron chi connectivity index (χ4n) is 1.26. The van der Waals surface area contributed by atoms with Gasteiger partial charge in [0.2, 0.25) is 0 Å². The van der Waals surface area contributed by atoms with E-state index in [0.29, 0.717) is 16.6 Å². The Morgan fingerprint density at radius 2 is 2.38 bits per heavy atom. The van der Waals surface area contributed by atoms with Crippen molar-refractivity contribution >= 4 is 16.9 Å². The van der Waals surface area contributed by atoms with Crippen molar-refractivity contribution in [1.29, 1.82) is 5.41 Å². The predicted octanol–water partition coefficient (Wildman–Crippen LogP) is 0.558. The summed E-state index contributed by atoms with van der Waals surface area (Å²) in [7, 11) is 0. The van der Waals surface area contributed by atoms with E-state index >= 15 is 0 Å². The van der Waals surface area contributed by atoms with Crippen LogP contribution in [0.1, 0.15) is 5.56 Å². The second-order valence-electron chi connectivity index (χ2n) is 2.68. The Kier molecular flexibility index (Phi) is 1.45. The van der Waals surface area contributed by atoms with E-state index in [1.807, 2.05) is 0 Å². The van der Waals surface area contributed by atoms with Crippen LogP contribution in [-0.2, 0) is 0 Å². The van der Waals surface area contributed by atoms with E-state index in [-0.39, 0.29) is 5.84 Å². The van der Waals surface area contributed by atoms with Gasteiger partial charge in [-0.25, -0.2) is 4.98 Å². The standard InChI is InChI=1S/C8H8N4O/c9-7(10)6-4-12(13)8-5(6)2-1-3-11-8/h1-4,13H,(H3,9,10). The van der Waals surface area contributed by atoms with E-state index in [2.05, 4.69) is 4.98 Å². The van der Waals surface area contributed by atoms with E-state index in [0.717, 1.165) is 4.73 Å². The molecule has 66 valence electrons. The van der Waals surface area contributed by atoms with Crippen LogP contribution in [0.5, 0.6) is 0 Å². The molecule has 0 radical (unpaired) electrons. The number of nitrogen functional groups attached to an aromatic ring is 1. The first-order chi connectivity index (χ1) is 6.20. The van der Waals surface area contributed by atoms with Gasteiger partial charge in [0.25, 0.3) is 0 Å². The molecule has 2 aromatic heterocycles. The van der Waals surface area contributed by atoms with Crippen molar-refractivity contribution in [1.82, 2.24) is 9.71 Å². The molecule has 13 heavy (non-hydrogen) atoms. The molecule has 2 heterocycles. The maximum absolute atomic E-state index is 9.34. The Bertz CT molecular complexity index is 474. The molecule has 0 unspecified atom stereocenters. The number of nitrogens with one attached hydrogen (secondary N) is 1. The lowest BCUT2D eigenvalue weighted by atomic mass is 10.2. The number of pyridine rings is 1. The highest BCUT2D eigenvalue weighted by Gasteiger charge is 2.09. The molecule has 5 heteroatoms. The highest BCUT2D eigenvalue weighted by atomic mass is 16.5. The molecular formula is C8H8N4O. The third kappa shape index (κ3) is 1.01. The Hall–Kier alpha value is -2.04. The number of fused-ring (bicyclic) bond motifs is 1. The minimum Gasteiger partial charge on any atom is -0.427 e. The van der Waals surface area contributed by atoms with Crippen molar-refractivity contribution < 1.29 is 5.21 Å². The second-order valence-corrected chi connectivity index (χ2v) is 2.68. The molecule has 0 saturated heterocycles. The van der Waals surface area contributed by atoms with E-state index < -0.39 is 0 Å². The van der Waals surface area contributed by atoms with Crippen molar-refractivity contribution in [2.24, 2.45) is 5.73 Å². The highest BCUT2D eigenvalue weighted by molar-refractivity contribution is 6.06. The number of rotatable bonds is 1. The molecule has 5 nitrogen and oxygen atoms in total. The zero-order valence-corrected chi connectivity index (χ0v) is 6.73. The fraction of sp³-hybridized carbons (Fsp3) is 0. The summed E-state index contributed by atoms with van der Waals surface area (Å²) < 4.78 is 0.867. The number of nitrogens with two attached hydrogens (primary N) is 1. The van der Waals surface area contributed by atoms with E-state index in [1.54, 1.807) is 18.3 Å². The summed E-state index contributed by atoms with van der Waals surface area (Å²) >= 11 is 0. The molecule has 0 atom stereocenters. The summed E-state index contributed by atoms with van der Waals surface area (Å²) in [5.74, 6) is -0.0780. The summed E-state index contributed by atoms with van der Waals surface area (Å²) in [5, 5.41) is 17.3. The molecule has 0 aliphatic carbocycles. The molecule has 4 N–H and O–H groups in total. The molecule has 0 aliphatic rings. The van der Waals surface area contributed by atoms with Gasteiger partial charge in [0.05, 0.1) is 6.20 Å². The SMILES string of the molecule is N=C(N)c1cn(O)c2ncccc12. The van der Waals surface area contributed by atoms with Crippen LogP contribution in [-0.4, -0.2) is 20.8 Å². The summed E-state index contributed by atoms with van der Waals surface area (Å²) in [6.45, 7) is 0. The van der Waals surface area contributed by atoms with Crippen LogP contribution in [0, 0.1) is 5.41 Å². The minimum atomic E-state index is -0.0780. The number of nitrogens with zero attached hydrogens (tertiary/aromatic N) is 2. The number of aromatic nitrogens is 2. The van der Waals surface area contributed by atoms with Crippen molar-refractivity contribution in [3.05, 3.63) is 30.1 Å². The first kappa shape index (κ1) is 7.60. The molecule has 0 aliphatic heterocycles. The van der Waals surface area contributed by atoms with E-state index in [1.165, 1.54) is 6.20 Å². The second kappa shape index (κ2) is 2.48. The molecule has 0 fully saturated rings. The smallest absolute Gasteiger partial charge is 0.175 e. The lowest BCUT2D eigenvalue weighted by molar-refractivity contribution is 0.198. The Balaban J connectivity index is 2.85. The molecule has 0 bridgehead atoms. The van der Waals surface area contributed by atoms with Gasteiger partial charge >= 0.3 is 0 Å². The largest absolute Gasteiger partial charge is 0.427 e. The van der Waals surface area contributed by atoms with E-state index in [4.69, 9.17) is 11.1 Å². The molecule has 0 spiro atoms. The Morgan fingerprint density at radius 1 is 1.62 bits per heavy atom. The monoisotopic (exact) mass is 176 g/mol. The van der Waals surface area contributed by atoms with Gasteiger partial charge in [-0.15, -0.1) is 0 Å². The predicted molar refractivity (Wildman–Crippen MR) is 47.9 cm³/mol. The summed E-state index contributed by atoms with van der Waals surface area (Å²) in [4.78, 5) is 3.94. The van der Waals surface area contributed by atoms with Crippen LogP contribution in [0.3, 0.4) is 0 Å². The molecule has 0 amide bonds. The fourth-order valence-corrected chi connectivity index (χ4v) is 1.26. The van der Waals surface area contributed by atoms with Gasteiger partial charge in [0.15, 0.2) is 5.65 Å². The van der Waals surface area contributed by atoms with Crippen LogP contribution >= 0.6 is 0 Å². The normalized spacial score (nSPS) is 10.5. The van der Waals surface area contributed by atoms with Crippen LogP contribution in [0.2, 0.25) is 0 Å². The number of hydrogen-bond donors (Lipinski definition) is 3. The summed E-state index contributed by atoms with van der Waals surface area (Å²) in [5.41, 5.74) is 6.23. The first-order valence-electron chi connectivity index (χ1n) is 3.70. The zero-order chi connectivity index (χ0) is 9.42. The highest BCUT2D eigenvalue weighted by Crippen LogP contribution is 2.16. The van der Waals surface area contributed by atoms with Gasteiger partial charge in [-0.2, -0.15) is 4.73 Å². The van der Waals surface area contributed by atoms with Gasteiger partial charge in [0.1, 0.15) is 5.84 Å². The quantitative estimate of drug-likeness (QED) is 0.337. The van der Waals surface area contributed by atoms with Gasteiger partial charge in [-0.3, -0.25) is 5.41 Å². The van der Waals surface area contributed by atoms with Gasteiger partial charge in [-0.05, 0) is 12.1 Å². The first-order valence-corrected chi connectivity index (χ1v) is 3.70. The molecule has 2 rings (SSSR count). The maximum Gasteiger partial charge on any atom is 0.175 e. The zero-order valence-electron chi connectivity index (χ0n) is 6.73. The third-order valence-corrected chi connectivity index (χ3v) is 1.84. The molecule has 0 aromatic carbocycles. The third-order valence-electron chi connectivity index (χ3n) is 1.84. The van der Waals surface area contributed by atoms with E-state index in [9.17, 15) is 5.21 Å². The molecule has 0 saturated carbocycles. The van der Waals surface area contributed by atoms with Gasteiger partial charge in [-0.1, -0.05) is 0 Å². The average Bonchev–Trinajstić information content (AvgIpc) is 2.45. The van der Waals surface area contributed by atoms with Crippen molar-refractivity contribution in [3.63, 3.8) is 0 Å². The maximum atomic E-state index is 9.34. The van der Waals surface area contributed by atoms with Crippen LogP contribution in [0.15, 0.2) is 24.5 Å². The lowest BCUT2D eigenvalue weighted by Gasteiger charge is -1.92. The lowest BCUT2D eigenvalue weighted by Crippen LogP contribution is -2.10. The number of hydrogen-bond acceptors (Lipinski definition) is 3. The topological polar surface area (TPSA) is 87.9 Å². The van der Waals surface area contributed by atoms with Crippen molar-refractivity contribution in [3.8, 4) is 0 Å². The molecule has 2 aromatic rings. The van der Waals surface area contributed by atoms with Gasteiger partial charge in [0, 0.05) is 17.1 Å². The van der Waals surface area contributed by atoms with Crippen LogP contribution in [0.25, 0.3) is 11.0 Å². The number of amidine groups is 1. The summed E-state index contributed by atoms with van der Waals surface area (Å²) in [6.07, 6.45) is 2.94. The Morgan fingerprint density at radius 3 is 3.08 bits per heavy atom. The average molecular weight is 176 g/mol. The van der Waals surface area contributed by atoms with Crippen LogP contribution in [0.4, 0.5) is 0 Å². The minimum absolute atomic E-state index is 0.0780. The molecular weight excluding hydrogens is 168 g/mol.